The second-order valence-corrected chi connectivity index (χ2v) is 3.81. The van der Waals surface area contributed by atoms with Crippen LogP contribution in [-0.2, 0) is 9.63 Å². The van der Waals surface area contributed by atoms with Gasteiger partial charge in [0.2, 0.25) is 0 Å². The van der Waals surface area contributed by atoms with E-state index in [1.54, 1.807) is 24.3 Å². The van der Waals surface area contributed by atoms with Crippen molar-refractivity contribution in [1.29, 1.82) is 0 Å². The highest BCUT2D eigenvalue weighted by Crippen LogP contribution is 2.04. The standard InChI is InChI=1S/C13H18N2O3/c1-3-4-10-14-15(18-11(2)16)13(17)12-8-6-5-7-9-12/h5-9,14H,3-4,10H2,1-2H3. The molecule has 0 saturated carbocycles. The fraction of sp³-hybridized carbons (Fsp3) is 0.385. The summed E-state index contributed by atoms with van der Waals surface area (Å²) < 4.78 is 0. The lowest BCUT2D eigenvalue weighted by Gasteiger charge is -2.20. The molecule has 0 aliphatic rings. The Kier molecular flexibility index (Phi) is 5.87. The first kappa shape index (κ1) is 14.2. The molecule has 1 rings (SSSR count). The van der Waals surface area contributed by atoms with Gasteiger partial charge in [-0.25, -0.2) is 4.79 Å². The average Bonchev–Trinajstić information content (AvgIpc) is 2.37. The van der Waals surface area contributed by atoms with Gasteiger partial charge < -0.3 is 4.84 Å². The highest BCUT2D eigenvalue weighted by atomic mass is 16.7. The summed E-state index contributed by atoms with van der Waals surface area (Å²) in [4.78, 5) is 27.9. The maximum atomic E-state index is 12.1. The predicted octanol–water partition coefficient (Wildman–Crippen LogP) is 1.91. The van der Waals surface area contributed by atoms with Crippen molar-refractivity contribution in [2.45, 2.75) is 26.7 Å². The van der Waals surface area contributed by atoms with Crippen molar-refractivity contribution in [2.24, 2.45) is 0 Å². The van der Waals surface area contributed by atoms with Gasteiger partial charge in [0.15, 0.2) is 0 Å². The molecule has 0 atom stereocenters. The number of hydrazine groups is 1. The molecular formula is C13H18N2O3. The second-order valence-electron chi connectivity index (χ2n) is 3.81. The van der Waals surface area contributed by atoms with Gasteiger partial charge in [0.25, 0.3) is 0 Å². The minimum atomic E-state index is -0.539. The van der Waals surface area contributed by atoms with E-state index in [0.717, 1.165) is 18.0 Å². The molecule has 0 radical (unpaired) electrons. The summed E-state index contributed by atoms with van der Waals surface area (Å²) >= 11 is 0. The Balaban J connectivity index is 2.69. The molecule has 18 heavy (non-hydrogen) atoms. The molecular weight excluding hydrogens is 232 g/mol. The number of benzene rings is 1. The smallest absolute Gasteiger partial charge is 0.322 e. The first-order chi connectivity index (χ1) is 8.65. The molecule has 5 heteroatoms. The van der Waals surface area contributed by atoms with Crippen molar-refractivity contribution in [3.05, 3.63) is 35.9 Å². The van der Waals surface area contributed by atoms with Gasteiger partial charge in [-0.2, -0.15) is 5.43 Å². The monoisotopic (exact) mass is 250 g/mol. The van der Waals surface area contributed by atoms with Crippen LogP contribution in [0.25, 0.3) is 0 Å². The molecule has 0 unspecified atom stereocenters. The number of hydrogen-bond acceptors (Lipinski definition) is 4. The van der Waals surface area contributed by atoms with Crippen molar-refractivity contribution < 1.29 is 14.4 Å². The van der Waals surface area contributed by atoms with Gasteiger partial charge in [0.1, 0.15) is 0 Å². The molecule has 0 heterocycles. The van der Waals surface area contributed by atoms with Crippen LogP contribution in [0.3, 0.4) is 0 Å². The molecule has 0 aliphatic heterocycles. The summed E-state index contributed by atoms with van der Waals surface area (Å²) in [5, 5.41) is 0.896. The van der Waals surface area contributed by atoms with Gasteiger partial charge in [0, 0.05) is 19.0 Å². The van der Waals surface area contributed by atoms with Crippen LogP contribution in [0.2, 0.25) is 0 Å². The normalized spacial score (nSPS) is 9.89. The lowest BCUT2D eigenvalue weighted by atomic mass is 10.2. The van der Waals surface area contributed by atoms with Crippen LogP contribution in [0.4, 0.5) is 0 Å². The fourth-order valence-electron chi connectivity index (χ4n) is 1.33. The second kappa shape index (κ2) is 7.45. The molecule has 0 aliphatic carbocycles. The maximum absolute atomic E-state index is 12.1. The SMILES string of the molecule is CCCCNN(OC(C)=O)C(=O)c1ccccc1. The molecule has 1 aromatic rings. The van der Waals surface area contributed by atoms with E-state index in [1.807, 2.05) is 13.0 Å². The number of nitrogens with zero attached hydrogens (tertiary/aromatic N) is 1. The topological polar surface area (TPSA) is 58.6 Å². The number of rotatable bonds is 5. The number of unbranched alkanes of at least 4 members (excludes halogenated alkanes) is 1. The molecule has 0 spiro atoms. The van der Waals surface area contributed by atoms with E-state index >= 15 is 0 Å². The van der Waals surface area contributed by atoms with Gasteiger partial charge in [-0.1, -0.05) is 36.7 Å². The zero-order valence-electron chi connectivity index (χ0n) is 10.7. The predicted molar refractivity (Wildman–Crippen MR) is 67.3 cm³/mol. The maximum Gasteiger partial charge on any atom is 0.331 e. The van der Waals surface area contributed by atoms with Crippen LogP contribution < -0.4 is 5.43 Å². The van der Waals surface area contributed by atoms with E-state index < -0.39 is 5.97 Å². The van der Waals surface area contributed by atoms with E-state index in [0.29, 0.717) is 12.1 Å². The third-order valence-electron chi connectivity index (χ3n) is 2.21. The number of carbonyl (C=O) groups excluding carboxylic acids is 2. The molecule has 0 fully saturated rings. The summed E-state index contributed by atoms with van der Waals surface area (Å²) in [7, 11) is 0. The highest BCUT2D eigenvalue weighted by Gasteiger charge is 2.18. The molecule has 0 aromatic heterocycles. The minimum Gasteiger partial charge on any atom is -0.322 e. The number of amides is 1. The Morgan fingerprint density at radius 2 is 1.94 bits per heavy atom. The van der Waals surface area contributed by atoms with Crippen LogP contribution in [0.5, 0.6) is 0 Å². The van der Waals surface area contributed by atoms with E-state index in [9.17, 15) is 9.59 Å². The summed E-state index contributed by atoms with van der Waals surface area (Å²) in [6, 6.07) is 8.66. The summed E-state index contributed by atoms with van der Waals surface area (Å²) in [5.74, 6) is -0.926. The van der Waals surface area contributed by atoms with Gasteiger partial charge >= 0.3 is 11.9 Å². The number of hydroxylamine groups is 1. The zero-order chi connectivity index (χ0) is 13.4. The Morgan fingerprint density at radius 3 is 2.50 bits per heavy atom. The van der Waals surface area contributed by atoms with E-state index in [1.165, 1.54) is 6.92 Å². The molecule has 1 N–H and O–H groups in total. The molecule has 1 aromatic carbocycles. The summed E-state index contributed by atoms with van der Waals surface area (Å²) in [6.07, 6.45) is 1.88. The Morgan fingerprint density at radius 1 is 1.28 bits per heavy atom. The van der Waals surface area contributed by atoms with Crippen molar-refractivity contribution in [3.8, 4) is 0 Å². The average molecular weight is 250 g/mol. The first-order valence-electron chi connectivity index (χ1n) is 5.96. The van der Waals surface area contributed by atoms with Crippen LogP contribution in [-0.4, -0.2) is 23.6 Å². The van der Waals surface area contributed by atoms with Crippen LogP contribution >= 0.6 is 0 Å². The number of nitrogens with one attached hydrogen (secondary N) is 1. The van der Waals surface area contributed by atoms with Crippen molar-refractivity contribution >= 4 is 11.9 Å². The van der Waals surface area contributed by atoms with Crippen molar-refractivity contribution in [3.63, 3.8) is 0 Å². The van der Waals surface area contributed by atoms with E-state index in [2.05, 4.69) is 5.43 Å². The molecule has 0 saturated heterocycles. The molecule has 98 valence electrons. The fourth-order valence-corrected chi connectivity index (χ4v) is 1.33. The van der Waals surface area contributed by atoms with E-state index in [4.69, 9.17) is 4.84 Å². The first-order valence-corrected chi connectivity index (χ1v) is 5.96. The number of hydrogen-bond donors (Lipinski definition) is 1. The van der Waals surface area contributed by atoms with Gasteiger partial charge in [-0.3, -0.25) is 4.79 Å². The summed E-state index contributed by atoms with van der Waals surface area (Å²) in [6.45, 7) is 3.87. The Hall–Kier alpha value is -1.88. The van der Waals surface area contributed by atoms with Crippen molar-refractivity contribution in [2.75, 3.05) is 6.54 Å². The zero-order valence-corrected chi connectivity index (χ0v) is 10.7. The Bertz CT molecular complexity index is 392. The van der Waals surface area contributed by atoms with Crippen LogP contribution in [0, 0.1) is 0 Å². The Labute approximate surface area is 107 Å². The van der Waals surface area contributed by atoms with Gasteiger partial charge in [-0.15, -0.1) is 0 Å². The van der Waals surface area contributed by atoms with Gasteiger partial charge in [-0.05, 0) is 18.6 Å². The lowest BCUT2D eigenvalue weighted by molar-refractivity contribution is -0.186. The van der Waals surface area contributed by atoms with E-state index in [-0.39, 0.29) is 5.91 Å². The lowest BCUT2D eigenvalue weighted by Crippen LogP contribution is -2.44. The molecule has 5 nitrogen and oxygen atoms in total. The van der Waals surface area contributed by atoms with Gasteiger partial charge in [0.05, 0.1) is 0 Å². The van der Waals surface area contributed by atoms with Crippen LogP contribution in [0.1, 0.15) is 37.0 Å². The summed E-state index contributed by atoms with van der Waals surface area (Å²) in [5.41, 5.74) is 3.25. The third kappa shape index (κ3) is 4.55. The molecule has 0 bridgehead atoms. The minimum absolute atomic E-state index is 0.387. The highest BCUT2D eigenvalue weighted by molar-refractivity contribution is 5.93. The third-order valence-corrected chi connectivity index (χ3v) is 2.21. The largest absolute Gasteiger partial charge is 0.331 e. The van der Waals surface area contributed by atoms with Crippen LogP contribution in [0.15, 0.2) is 30.3 Å². The van der Waals surface area contributed by atoms with Crippen molar-refractivity contribution in [1.82, 2.24) is 10.6 Å². The molecule has 1 amide bonds. The quantitative estimate of drug-likeness (QED) is 0.640. The number of carbonyl (C=O) groups is 2.